The van der Waals surface area contributed by atoms with Crippen LogP contribution in [0.5, 0.6) is 17.5 Å². The first kappa shape index (κ1) is 18.8. The molecule has 4 heterocycles. The standard InChI is InChI=1S/C20H21N5O4/c1-12(26)10-24-7-6-18(23-24)25-11-16-14(20(25)27)4-5-15(22-16)13-8-17(28-2)19(29-3)21-9-13/h4-9,11-12,26-27H,10H2,1-3H3. The van der Waals surface area contributed by atoms with Gasteiger partial charge in [-0.25, -0.2) is 9.97 Å². The van der Waals surface area contributed by atoms with Crippen molar-refractivity contribution in [1.82, 2.24) is 24.3 Å². The topological polar surface area (TPSA) is 107 Å². The van der Waals surface area contributed by atoms with Gasteiger partial charge >= 0.3 is 0 Å². The maximum absolute atomic E-state index is 10.6. The van der Waals surface area contributed by atoms with Gasteiger partial charge in [0.2, 0.25) is 5.88 Å². The van der Waals surface area contributed by atoms with E-state index in [4.69, 9.17) is 9.47 Å². The zero-order valence-corrected chi connectivity index (χ0v) is 16.3. The second-order valence-electron chi connectivity index (χ2n) is 6.63. The van der Waals surface area contributed by atoms with Crippen LogP contribution >= 0.6 is 0 Å². The summed E-state index contributed by atoms with van der Waals surface area (Å²) in [6, 6.07) is 7.17. The van der Waals surface area contributed by atoms with Gasteiger partial charge in [-0.05, 0) is 25.1 Å². The molecule has 4 aromatic heterocycles. The third-order valence-electron chi connectivity index (χ3n) is 4.50. The summed E-state index contributed by atoms with van der Waals surface area (Å²) in [5, 5.41) is 25.1. The lowest BCUT2D eigenvalue weighted by Crippen LogP contribution is -2.12. The molecule has 1 atom stereocenters. The van der Waals surface area contributed by atoms with Crippen LogP contribution in [0.2, 0.25) is 0 Å². The van der Waals surface area contributed by atoms with Crippen LogP contribution < -0.4 is 9.47 Å². The highest BCUT2D eigenvalue weighted by molar-refractivity contribution is 5.87. The average Bonchev–Trinajstić information content (AvgIpc) is 3.30. The van der Waals surface area contributed by atoms with E-state index in [-0.39, 0.29) is 5.88 Å². The molecule has 0 radical (unpaired) electrons. The van der Waals surface area contributed by atoms with E-state index >= 15 is 0 Å². The van der Waals surface area contributed by atoms with E-state index < -0.39 is 6.10 Å². The Kier molecular flexibility index (Phi) is 4.81. The van der Waals surface area contributed by atoms with Gasteiger partial charge in [-0.15, -0.1) is 0 Å². The number of nitrogens with zero attached hydrogens (tertiary/aromatic N) is 5. The fraction of sp³-hybridized carbons (Fsp3) is 0.250. The summed E-state index contributed by atoms with van der Waals surface area (Å²) in [5.74, 6) is 1.49. The summed E-state index contributed by atoms with van der Waals surface area (Å²) in [5.41, 5.74) is 2.06. The van der Waals surface area contributed by atoms with E-state index in [1.807, 2.05) is 0 Å². The molecule has 0 aliphatic rings. The number of aliphatic hydroxyl groups excluding tert-OH is 1. The van der Waals surface area contributed by atoms with Crippen LogP contribution in [-0.2, 0) is 6.54 Å². The third kappa shape index (κ3) is 3.47. The van der Waals surface area contributed by atoms with Gasteiger partial charge in [-0.1, -0.05) is 0 Å². The van der Waals surface area contributed by atoms with Gasteiger partial charge in [-0.2, -0.15) is 5.10 Å². The highest BCUT2D eigenvalue weighted by atomic mass is 16.5. The van der Waals surface area contributed by atoms with Crippen molar-refractivity contribution in [3.8, 4) is 34.6 Å². The van der Waals surface area contributed by atoms with Crippen molar-refractivity contribution in [2.24, 2.45) is 0 Å². The van der Waals surface area contributed by atoms with Crippen molar-refractivity contribution in [3.63, 3.8) is 0 Å². The normalized spacial score (nSPS) is 12.3. The minimum absolute atomic E-state index is 0.0479. The van der Waals surface area contributed by atoms with Gasteiger partial charge in [-0.3, -0.25) is 9.25 Å². The van der Waals surface area contributed by atoms with Crippen molar-refractivity contribution >= 4 is 10.9 Å². The van der Waals surface area contributed by atoms with Crippen LogP contribution in [0.3, 0.4) is 0 Å². The molecule has 0 amide bonds. The Bertz CT molecular complexity index is 1170. The van der Waals surface area contributed by atoms with Gasteiger partial charge in [0.05, 0.1) is 43.5 Å². The van der Waals surface area contributed by atoms with E-state index in [1.54, 1.807) is 66.1 Å². The maximum atomic E-state index is 10.6. The third-order valence-corrected chi connectivity index (χ3v) is 4.50. The molecule has 150 valence electrons. The second kappa shape index (κ2) is 7.44. The monoisotopic (exact) mass is 395 g/mol. The van der Waals surface area contributed by atoms with Gasteiger partial charge in [0.15, 0.2) is 11.6 Å². The highest BCUT2D eigenvalue weighted by Crippen LogP contribution is 2.33. The molecule has 0 bridgehead atoms. The molecule has 0 aliphatic heterocycles. The van der Waals surface area contributed by atoms with Crippen molar-refractivity contribution in [3.05, 3.63) is 42.9 Å². The molecule has 0 fully saturated rings. The zero-order valence-electron chi connectivity index (χ0n) is 16.3. The Morgan fingerprint density at radius 3 is 2.72 bits per heavy atom. The number of rotatable bonds is 6. The largest absolute Gasteiger partial charge is 0.494 e. The SMILES string of the molecule is COc1cc(-c2ccc3c(O)n(-c4ccn(CC(C)O)n4)cc3n2)cnc1OC. The molecule has 0 spiro atoms. The first-order valence-electron chi connectivity index (χ1n) is 9.01. The Morgan fingerprint density at radius 2 is 2.00 bits per heavy atom. The van der Waals surface area contributed by atoms with E-state index in [9.17, 15) is 10.2 Å². The van der Waals surface area contributed by atoms with Gasteiger partial charge in [0.25, 0.3) is 5.88 Å². The highest BCUT2D eigenvalue weighted by Gasteiger charge is 2.15. The summed E-state index contributed by atoms with van der Waals surface area (Å²) in [6.07, 6.45) is 4.61. The maximum Gasteiger partial charge on any atom is 0.256 e. The van der Waals surface area contributed by atoms with Gasteiger partial charge < -0.3 is 19.7 Å². The van der Waals surface area contributed by atoms with Crippen LogP contribution in [-0.4, -0.2) is 54.9 Å². The Labute approximate surface area is 166 Å². The number of methoxy groups -OCH3 is 2. The second-order valence-corrected chi connectivity index (χ2v) is 6.63. The number of aromatic hydroxyl groups is 1. The van der Waals surface area contributed by atoms with Crippen LogP contribution in [0.15, 0.2) is 42.9 Å². The van der Waals surface area contributed by atoms with Crippen LogP contribution in [0.25, 0.3) is 28.0 Å². The van der Waals surface area contributed by atoms with E-state index in [1.165, 1.54) is 7.11 Å². The van der Waals surface area contributed by atoms with Crippen molar-refractivity contribution in [2.75, 3.05) is 14.2 Å². The van der Waals surface area contributed by atoms with Crippen LogP contribution in [0.4, 0.5) is 0 Å². The molecular formula is C20H21N5O4. The summed E-state index contributed by atoms with van der Waals surface area (Å²) >= 11 is 0. The number of hydrogen-bond donors (Lipinski definition) is 2. The summed E-state index contributed by atoms with van der Waals surface area (Å²) in [7, 11) is 3.08. The number of pyridine rings is 2. The smallest absolute Gasteiger partial charge is 0.256 e. The molecule has 0 saturated carbocycles. The molecule has 4 aromatic rings. The van der Waals surface area contributed by atoms with Crippen molar-refractivity contribution < 1.29 is 19.7 Å². The lowest BCUT2D eigenvalue weighted by molar-refractivity contribution is 0.168. The molecule has 0 aromatic carbocycles. The first-order valence-corrected chi connectivity index (χ1v) is 9.01. The molecular weight excluding hydrogens is 374 g/mol. The fourth-order valence-electron chi connectivity index (χ4n) is 3.13. The average molecular weight is 395 g/mol. The van der Waals surface area contributed by atoms with Crippen LogP contribution in [0.1, 0.15) is 6.92 Å². The summed E-state index contributed by atoms with van der Waals surface area (Å²) < 4.78 is 13.7. The minimum atomic E-state index is -0.514. The fourth-order valence-corrected chi connectivity index (χ4v) is 3.13. The number of ether oxygens (including phenoxy) is 2. The quantitative estimate of drug-likeness (QED) is 0.516. The number of hydrogen-bond acceptors (Lipinski definition) is 7. The van der Waals surface area contributed by atoms with Gasteiger partial charge in [0.1, 0.15) is 0 Å². The predicted molar refractivity (Wildman–Crippen MR) is 107 cm³/mol. The molecule has 2 N–H and O–H groups in total. The predicted octanol–water partition coefficient (Wildman–Crippen LogP) is 2.39. The molecule has 29 heavy (non-hydrogen) atoms. The zero-order chi connectivity index (χ0) is 20.5. The number of aromatic nitrogens is 5. The van der Waals surface area contributed by atoms with Crippen LogP contribution in [0, 0.1) is 0 Å². The molecule has 9 heteroatoms. The molecule has 4 rings (SSSR count). The number of aliphatic hydroxyl groups is 1. The lowest BCUT2D eigenvalue weighted by Gasteiger charge is -2.08. The molecule has 9 nitrogen and oxygen atoms in total. The van der Waals surface area contributed by atoms with E-state index in [0.717, 1.165) is 5.56 Å². The molecule has 0 saturated heterocycles. The minimum Gasteiger partial charge on any atom is -0.494 e. The van der Waals surface area contributed by atoms with Crippen molar-refractivity contribution in [1.29, 1.82) is 0 Å². The summed E-state index contributed by atoms with van der Waals surface area (Å²) in [4.78, 5) is 8.89. The molecule has 0 aliphatic carbocycles. The first-order chi connectivity index (χ1) is 14.0. The lowest BCUT2D eigenvalue weighted by atomic mass is 10.1. The van der Waals surface area contributed by atoms with E-state index in [0.29, 0.717) is 40.6 Å². The Morgan fingerprint density at radius 1 is 1.17 bits per heavy atom. The Hall–Kier alpha value is -3.59. The number of fused-ring (bicyclic) bond motifs is 1. The Balaban J connectivity index is 1.73. The molecule has 1 unspecified atom stereocenters. The van der Waals surface area contributed by atoms with Crippen molar-refractivity contribution in [2.45, 2.75) is 19.6 Å². The van der Waals surface area contributed by atoms with Gasteiger partial charge in [0, 0.05) is 30.2 Å². The summed E-state index contributed by atoms with van der Waals surface area (Å²) in [6.45, 7) is 2.06. The van der Waals surface area contributed by atoms with E-state index in [2.05, 4.69) is 15.1 Å².